The number of pyridine rings is 1. The summed E-state index contributed by atoms with van der Waals surface area (Å²) in [6, 6.07) is 16.4. The molecule has 13 heteroatoms. The van der Waals surface area contributed by atoms with Crippen LogP contribution >= 0.6 is 11.3 Å². The standard InChI is InChI=1S/C27H20F3N3O6S/c1-15-13-16(19-5-3-4-6-20(19)31-15)14-37-17-7-9-18(10-8-17)38-21-11-12-40-22(21)26(2)23(34)32-25(36)33(26)39-24(35)27(28,29)30/h3-13H,14H2,1-2H3,(H,32,34,36). The van der Waals surface area contributed by atoms with Crippen LogP contribution in [-0.4, -0.2) is 34.1 Å². The zero-order valence-corrected chi connectivity index (χ0v) is 21.8. The molecule has 206 valence electrons. The number of nitrogens with zero attached hydrogens (tertiary/aromatic N) is 2. The molecule has 1 aliphatic heterocycles. The largest absolute Gasteiger partial charge is 0.493 e. The molecule has 1 unspecified atom stereocenters. The minimum absolute atomic E-state index is 0.0473. The molecule has 5 rings (SSSR count). The lowest BCUT2D eigenvalue weighted by molar-refractivity contribution is -0.237. The summed E-state index contributed by atoms with van der Waals surface area (Å²) in [7, 11) is 0. The fourth-order valence-electron chi connectivity index (χ4n) is 4.17. The van der Waals surface area contributed by atoms with Gasteiger partial charge in [0.1, 0.15) is 23.9 Å². The lowest BCUT2D eigenvalue weighted by Gasteiger charge is -2.29. The smallest absolute Gasteiger partial charge is 0.489 e. The van der Waals surface area contributed by atoms with Crippen LogP contribution in [0, 0.1) is 6.92 Å². The van der Waals surface area contributed by atoms with E-state index in [1.165, 1.54) is 11.4 Å². The third-order valence-corrected chi connectivity index (χ3v) is 7.21. The van der Waals surface area contributed by atoms with Crippen molar-refractivity contribution in [2.24, 2.45) is 0 Å². The number of fused-ring (bicyclic) bond motifs is 1. The molecular weight excluding hydrogens is 551 g/mol. The van der Waals surface area contributed by atoms with Crippen LogP contribution in [0.25, 0.3) is 10.9 Å². The maximum absolute atomic E-state index is 12.8. The van der Waals surface area contributed by atoms with Gasteiger partial charge in [-0.3, -0.25) is 15.1 Å². The number of urea groups is 1. The minimum Gasteiger partial charge on any atom is -0.489 e. The summed E-state index contributed by atoms with van der Waals surface area (Å²) in [5.41, 5.74) is 0.607. The molecule has 40 heavy (non-hydrogen) atoms. The van der Waals surface area contributed by atoms with Crippen LogP contribution in [0.3, 0.4) is 0 Å². The van der Waals surface area contributed by atoms with Crippen molar-refractivity contribution < 1.29 is 41.9 Å². The SMILES string of the molecule is Cc1cc(COc2ccc(Oc3ccsc3C3(C)C(=O)NC(=O)N3OC(=O)C(F)(F)F)cc2)c2ccccc2n1. The third kappa shape index (κ3) is 5.02. The molecule has 1 atom stereocenters. The second-order valence-corrected chi connectivity index (χ2v) is 9.83. The van der Waals surface area contributed by atoms with E-state index in [4.69, 9.17) is 9.47 Å². The van der Waals surface area contributed by atoms with E-state index in [1.807, 2.05) is 42.6 Å². The number of nitrogens with one attached hydrogen (secondary N) is 1. The van der Waals surface area contributed by atoms with Crippen molar-refractivity contribution in [3.8, 4) is 17.2 Å². The fraction of sp³-hybridized carbons (Fsp3) is 0.185. The van der Waals surface area contributed by atoms with Crippen LogP contribution < -0.4 is 14.8 Å². The van der Waals surface area contributed by atoms with Gasteiger partial charge in [0, 0.05) is 16.6 Å². The van der Waals surface area contributed by atoms with E-state index in [2.05, 4.69) is 9.82 Å². The number of rotatable bonds is 7. The Hall–Kier alpha value is -4.65. The Kier molecular flexibility index (Phi) is 6.84. The highest BCUT2D eigenvalue weighted by Gasteiger charge is 2.58. The summed E-state index contributed by atoms with van der Waals surface area (Å²) in [6.07, 6.45) is -5.38. The maximum atomic E-state index is 12.8. The Balaban J connectivity index is 1.32. The van der Waals surface area contributed by atoms with Gasteiger partial charge >= 0.3 is 18.2 Å². The molecule has 0 radical (unpaired) electrons. The van der Waals surface area contributed by atoms with E-state index < -0.39 is 29.6 Å². The first-order valence-corrected chi connectivity index (χ1v) is 12.6. The number of carbonyl (C=O) groups excluding carboxylic acids is 3. The molecule has 0 bridgehead atoms. The van der Waals surface area contributed by atoms with E-state index in [1.54, 1.807) is 24.3 Å². The van der Waals surface area contributed by atoms with Crippen LogP contribution in [0.1, 0.15) is 23.1 Å². The number of hydrogen-bond donors (Lipinski definition) is 1. The second kappa shape index (κ2) is 10.2. The molecule has 1 N–H and O–H groups in total. The number of thiophene rings is 1. The van der Waals surface area contributed by atoms with Crippen molar-refractivity contribution in [3.05, 3.63) is 82.2 Å². The molecule has 1 saturated heterocycles. The fourth-order valence-corrected chi connectivity index (χ4v) is 5.13. The molecule has 0 saturated carbocycles. The van der Waals surface area contributed by atoms with Crippen LogP contribution in [0.2, 0.25) is 0 Å². The van der Waals surface area contributed by atoms with Crippen molar-refractivity contribution in [1.29, 1.82) is 0 Å². The Labute approximate surface area is 229 Å². The lowest BCUT2D eigenvalue weighted by Crippen LogP contribution is -2.47. The van der Waals surface area contributed by atoms with Gasteiger partial charge in [-0.05, 0) is 61.7 Å². The predicted molar refractivity (Wildman–Crippen MR) is 137 cm³/mol. The summed E-state index contributed by atoms with van der Waals surface area (Å²) >= 11 is 0.938. The summed E-state index contributed by atoms with van der Waals surface area (Å²) in [5, 5.41) is 4.46. The summed E-state index contributed by atoms with van der Waals surface area (Å²) in [6.45, 7) is 3.36. The van der Waals surface area contributed by atoms with Gasteiger partial charge in [-0.1, -0.05) is 18.2 Å². The number of imide groups is 1. The van der Waals surface area contributed by atoms with Crippen LogP contribution in [0.15, 0.2) is 66.0 Å². The summed E-state index contributed by atoms with van der Waals surface area (Å²) in [5.74, 6) is -2.67. The first-order valence-electron chi connectivity index (χ1n) is 11.8. The number of para-hydroxylation sites is 1. The summed E-state index contributed by atoms with van der Waals surface area (Å²) in [4.78, 5) is 45.2. The number of benzene rings is 2. The maximum Gasteiger partial charge on any atom is 0.493 e. The number of aryl methyl sites for hydroxylation is 1. The van der Waals surface area contributed by atoms with Gasteiger partial charge in [0.25, 0.3) is 5.91 Å². The van der Waals surface area contributed by atoms with E-state index >= 15 is 0 Å². The van der Waals surface area contributed by atoms with Gasteiger partial charge in [-0.15, -0.1) is 16.4 Å². The zero-order chi connectivity index (χ0) is 28.7. The number of amides is 3. The van der Waals surface area contributed by atoms with Crippen molar-refractivity contribution in [2.75, 3.05) is 0 Å². The molecule has 9 nitrogen and oxygen atoms in total. The molecule has 3 heterocycles. The number of hydroxylamine groups is 2. The van der Waals surface area contributed by atoms with E-state index in [0.29, 0.717) is 18.1 Å². The molecule has 1 aliphatic rings. The predicted octanol–water partition coefficient (Wildman–Crippen LogP) is 5.76. The summed E-state index contributed by atoms with van der Waals surface area (Å²) < 4.78 is 50.3. The third-order valence-electron chi connectivity index (χ3n) is 6.11. The molecule has 0 spiro atoms. The molecule has 4 aromatic rings. The number of carbonyl (C=O) groups is 3. The number of aromatic nitrogens is 1. The Morgan fingerprint density at radius 3 is 2.50 bits per heavy atom. The van der Waals surface area contributed by atoms with Crippen LogP contribution in [0.5, 0.6) is 17.2 Å². The quantitative estimate of drug-likeness (QED) is 0.281. The lowest BCUT2D eigenvalue weighted by atomic mass is 10.00. The monoisotopic (exact) mass is 571 g/mol. The van der Waals surface area contributed by atoms with Crippen molar-refractivity contribution in [1.82, 2.24) is 15.4 Å². The molecule has 1 fully saturated rings. The van der Waals surface area contributed by atoms with Crippen molar-refractivity contribution >= 4 is 40.1 Å². The van der Waals surface area contributed by atoms with E-state index in [9.17, 15) is 27.6 Å². The molecule has 3 amide bonds. The number of alkyl halides is 3. The second-order valence-electron chi connectivity index (χ2n) is 8.92. The average Bonchev–Trinajstić information content (AvgIpc) is 3.46. The van der Waals surface area contributed by atoms with Gasteiger partial charge < -0.3 is 14.3 Å². The van der Waals surface area contributed by atoms with Crippen LogP contribution in [-0.2, 0) is 26.6 Å². The van der Waals surface area contributed by atoms with E-state index in [0.717, 1.165) is 40.4 Å². The van der Waals surface area contributed by atoms with Gasteiger partial charge in [0.2, 0.25) is 0 Å². The normalized spacial score (nSPS) is 17.2. The first-order chi connectivity index (χ1) is 19.0. The van der Waals surface area contributed by atoms with Gasteiger partial charge in [-0.25, -0.2) is 9.59 Å². The Morgan fingerprint density at radius 1 is 1.07 bits per heavy atom. The number of halogens is 3. The first kappa shape index (κ1) is 26.9. The van der Waals surface area contributed by atoms with E-state index in [-0.39, 0.29) is 15.7 Å². The zero-order valence-electron chi connectivity index (χ0n) is 20.9. The van der Waals surface area contributed by atoms with Crippen molar-refractivity contribution in [2.45, 2.75) is 32.2 Å². The van der Waals surface area contributed by atoms with Gasteiger partial charge in [-0.2, -0.15) is 13.2 Å². The number of ether oxygens (including phenoxy) is 2. The highest BCUT2D eigenvalue weighted by Crippen LogP contribution is 2.44. The van der Waals surface area contributed by atoms with Gasteiger partial charge in [0.15, 0.2) is 5.54 Å². The molecule has 2 aromatic carbocycles. The minimum atomic E-state index is -5.38. The topological polar surface area (TPSA) is 107 Å². The van der Waals surface area contributed by atoms with Crippen LogP contribution in [0.4, 0.5) is 18.0 Å². The molecule has 2 aromatic heterocycles. The molecule has 0 aliphatic carbocycles. The van der Waals surface area contributed by atoms with Gasteiger partial charge in [0.05, 0.1) is 10.4 Å². The highest BCUT2D eigenvalue weighted by atomic mass is 32.1. The molecular formula is C27H20F3N3O6S. The number of hydrogen-bond acceptors (Lipinski definition) is 8. The van der Waals surface area contributed by atoms with Crippen molar-refractivity contribution in [3.63, 3.8) is 0 Å². The average molecular weight is 572 g/mol. The Bertz CT molecular complexity index is 1620. The highest BCUT2D eigenvalue weighted by molar-refractivity contribution is 7.10. The Morgan fingerprint density at radius 2 is 1.77 bits per heavy atom.